The van der Waals surface area contributed by atoms with Gasteiger partial charge in [0.1, 0.15) is 0 Å². The van der Waals surface area contributed by atoms with Gasteiger partial charge in [-0.25, -0.2) is 0 Å². The first-order valence-corrected chi connectivity index (χ1v) is 6.05. The third-order valence-corrected chi connectivity index (χ3v) is 2.99. The van der Waals surface area contributed by atoms with Crippen LogP contribution < -0.4 is 0 Å². The number of hydrogen-bond donors (Lipinski definition) is 3. The number of unbranched alkanes of at least 4 members (excludes halogenated alkanes) is 1. The largest absolute Gasteiger partial charge is 0.396 e. The van der Waals surface area contributed by atoms with Crippen LogP contribution in [0.2, 0.25) is 0 Å². The van der Waals surface area contributed by atoms with Crippen LogP contribution in [0.1, 0.15) is 46.0 Å². The van der Waals surface area contributed by atoms with Crippen LogP contribution in [0.25, 0.3) is 0 Å². The fourth-order valence-electron chi connectivity index (χ4n) is 1.89. The normalized spacial score (nSPS) is 17.4. The molecule has 0 bridgehead atoms. The van der Waals surface area contributed by atoms with Crippen molar-refractivity contribution in [3.8, 4) is 0 Å². The number of hydrogen-bond acceptors (Lipinski definition) is 3. The molecule has 0 aromatic heterocycles. The lowest BCUT2D eigenvalue weighted by atomic mass is 9.87. The van der Waals surface area contributed by atoms with Gasteiger partial charge < -0.3 is 15.3 Å². The molecule has 0 aliphatic rings. The first kappa shape index (κ1) is 14.9. The first-order chi connectivity index (χ1) is 7.15. The SMILES string of the molecule is CCC(CC(C)CO)C(O)CCCCO. The highest BCUT2D eigenvalue weighted by atomic mass is 16.3. The van der Waals surface area contributed by atoms with E-state index < -0.39 is 0 Å². The van der Waals surface area contributed by atoms with Crippen molar-refractivity contribution in [1.29, 1.82) is 0 Å². The second kappa shape index (κ2) is 9.13. The Labute approximate surface area is 93.1 Å². The van der Waals surface area contributed by atoms with E-state index in [1.165, 1.54) is 0 Å². The standard InChI is InChI=1S/C12H26O3/c1-3-11(8-10(2)9-14)12(15)6-4-5-7-13/h10-15H,3-9H2,1-2H3. The molecule has 0 saturated heterocycles. The van der Waals surface area contributed by atoms with E-state index >= 15 is 0 Å². The minimum Gasteiger partial charge on any atom is -0.396 e. The van der Waals surface area contributed by atoms with Crippen molar-refractivity contribution in [2.24, 2.45) is 11.8 Å². The lowest BCUT2D eigenvalue weighted by Gasteiger charge is -2.23. The van der Waals surface area contributed by atoms with Crippen LogP contribution in [0.3, 0.4) is 0 Å². The van der Waals surface area contributed by atoms with Gasteiger partial charge in [0.15, 0.2) is 0 Å². The van der Waals surface area contributed by atoms with Gasteiger partial charge in [-0.05, 0) is 37.5 Å². The third-order valence-electron chi connectivity index (χ3n) is 2.99. The first-order valence-electron chi connectivity index (χ1n) is 6.05. The van der Waals surface area contributed by atoms with Crippen molar-refractivity contribution in [3.63, 3.8) is 0 Å². The molecule has 0 heterocycles. The van der Waals surface area contributed by atoms with Gasteiger partial charge in [-0.15, -0.1) is 0 Å². The van der Waals surface area contributed by atoms with Gasteiger partial charge in [0.2, 0.25) is 0 Å². The lowest BCUT2D eigenvalue weighted by molar-refractivity contribution is 0.0719. The summed E-state index contributed by atoms with van der Waals surface area (Å²) in [6.45, 7) is 4.48. The zero-order chi connectivity index (χ0) is 11.7. The number of rotatable bonds is 9. The quantitative estimate of drug-likeness (QED) is 0.515. The van der Waals surface area contributed by atoms with Crippen LogP contribution in [0.15, 0.2) is 0 Å². The summed E-state index contributed by atoms with van der Waals surface area (Å²) < 4.78 is 0. The van der Waals surface area contributed by atoms with Crippen molar-refractivity contribution < 1.29 is 15.3 Å². The van der Waals surface area contributed by atoms with E-state index in [4.69, 9.17) is 10.2 Å². The molecule has 92 valence electrons. The summed E-state index contributed by atoms with van der Waals surface area (Å²) >= 11 is 0. The average Bonchev–Trinajstić information content (AvgIpc) is 2.25. The second-order valence-corrected chi connectivity index (χ2v) is 4.48. The Morgan fingerprint density at radius 1 is 1.13 bits per heavy atom. The van der Waals surface area contributed by atoms with Crippen molar-refractivity contribution in [2.75, 3.05) is 13.2 Å². The maximum absolute atomic E-state index is 9.92. The van der Waals surface area contributed by atoms with Gasteiger partial charge in [-0.2, -0.15) is 0 Å². The van der Waals surface area contributed by atoms with Gasteiger partial charge in [0.25, 0.3) is 0 Å². The molecular formula is C12H26O3. The fourth-order valence-corrected chi connectivity index (χ4v) is 1.89. The molecule has 3 unspecified atom stereocenters. The van der Waals surface area contributed by atoms with Crippen LogP contribution >= 0.6 is 0 Å². The Kier molecular flexibility index (Phi) is 9.06. The smallest absolute Gasteiger partial charge is 0.0568 e. The van der Waals surface area contributed by atoms with Gasteiger partial charge in [0.05, 0.1) is 6.10 Å². The van der Waals surface area contributed by atoms with Crippen molar-refractivity contribution >= 4 is 0 Å². The molecule has 15 heavy (non-hydrogen) atoms. The summed E-state index contributed by atoms with van der Waals surface area (Å²) in [6, 6.07) is 0. The van der Waals surface area contributed by atoms with E-state index in [-0.39, 0.29) is 31.2 Å². The topological polar surface area (TPSA) is 60.7 Å². The maximum atomic E-state index is 9.92. The minimum atomic E-state index is -0.282. The molecule has 3 N–H and O–H groups in total. The Morgan fingerprint density at radius 3 is 2.27 bits per heavy atom. The third kappa shape index (κ3) is 6.88. The van der Waals surface area contributed by atoms with Gasteiger partial charge >= 0.3 is 0 Å². The monoisotopic (exact) mass is 218 g/mol. The molecular weight excluding hydrogens is 192 g/mol. The Bertz CT molecular complexity index is 139. The molecule has 0 aromatic carbocycles. The zero-order valence-electron chi connectivity index (χ0n) is 10.0. The second-order valence-electron chi connectivity index (χ2n) is 4.48. The molecule has 0 aliphatic carbocycles. The minimum absolute atomic E-state index is 0.194. The summed E-state index contributed by atoms with van der Waals surface area (Å²) in [5.41, 5.74) is 0. The van der Waals surface area contributed by atoms with Crippen molar-refractivity contribution in [3.05, 3.63) is 0 Å². The van der Waals surface area contributed by atoms with E-state index in [0.717, 1.165) is 32.1 Å². The van der Waals surface area contributed by atoms with E-state index in [1.54, 1.807) is 0 Å². The van der Waals surface area contributed by atoms with E-state index in [9.17, 15) is 5.11 Å². The average molecular weight is 218 g/mol. The van der Waals surface area contributed by atoms with Gasteiger partial charge in [-0.1, -0.05) is 20.3 Å². The van der Waals surface area contributed by atoms with Crippen molar-refractivity contribution in [2.45, 2.75) is 52.1 Å². The molecule has 0 saturated carbocycles. The summed E-state index contributed by atoms with van der Waals surface area (Å²) in [5, 5.41) is 27.5. The molecule has 0 spiro atoms. The number of aliphatic hydroxyl groups is 3. The van der Waals surface area contributed by atoms with E-state index in [2.05, 4.69) is 6.92 Å². The Hall–Kier alpha value is -0.120. The summed E-state index contributed by atoms with van der Waals surface area (Å²) in [6.07, 6.45) is 3.95. The van der Waals surface area contributed by atoms with Crippen molar-refractivity contribution in [1.82, 2.24) is 0 Å². The summed E-state index contributed by atoms with van der Waals surface area (Å²) in [7, 11) is 0. The molecule has 0 aromatic rings. The Balaban J connectivity index is 3.82. The van der Waals surface area contributed by atoms with Crippen LogP contribution in [-0.4, -0.2) is 34.6 Å². The van der Waals surface area contributed by atoms with E-state index in [0.29, 0.717) is 0 Å². The highest BCUT2D eigenvalue weighted by Crippen LogP contribution is 2.22. The van der Waals surface area contributed by atoms with Crippen LogP contribution in [0, 0.1) is 11.8 Å². The number of aliphatic hydroxyl groups excluding tert-OH is 3. The van der Waals surface area contributed by atoms with Crippen LogP contribution in [0.4, 0.5) is 0 Å². The van der Waals surface area contributed by atoms with Gasteiger partial charge in [-0.3, -0.25) is 0 Å². The predicted molar refractivity (Wildman–Crippen MR) is 61.6 cm³/mol. The van der Waals surface area contributed by atoms with Crippen LogP contribution in [0.5, 0.6) is 0 Å². The molecule has 0 radical (unpaired) electrons. The molecule has 0 amide bonds. The highest BCUT2D eigenvalue weighted by Gasteiger charge is 2.19. The highest BCUT2D eigenvalue weighted by molar-refractivity contribution is 4.70. The molecule has 3 nitrogen and oxygen atoms in total. The van der Waals surface area contributed by atoms with Gasteiger partial charge in [0, 0.05) is 13.2 Å². The molecule has 0 rings (SSSR count). The van der Waals surface area contributed by atoms with Crippen LogP contribution in [-0.2, 0) is 0 Å². The molecule has 3 atom stereocenters. The maximum Gasteiger partial charge on any atom is 0.0568 e. The molecule has 3 heteroatoms. The Morgan fingerprint density at radius 2 is 1.80 bits per heavy atom. The molecule has 0 aliphatic heterocycles. The lowest BCUT2D eigenvalue weighted by Crippen LogP contribution is -2.23. The summed E-state index contributed by atoms with van der Waals surface area (Å²) in [5.74, 6) is 0.549. The molecule has 0 fully saturated rings. The fraction of sp³-hybridized carbons (Fsp3) is 1.00. The summed E-state index contributed by atoms with van der Waals surface area (Å²) in [4.78, 5) is 0. The van der Waals surface area contributed by atoms with E-state index in [1.807, 2.05) is 6.92 Å². The predicted octanol–water partition coefficient (Wildman–Crippen LogP) is 1.55. The zero-order valence-corrected chi connectivity index (χ0v) is 10.0.